The lowest BCUT2D eigenvalue weighted by Gasteiger charge is -2.35. The van der Waals surface area contributed by atoms with Gasteiger partial charge in [0.15, 0.2) is 0 Å². The minimum absolute atomic E-state index is 0.0223. The molecule has 0 bridgehead atoms. The molecule has 2 atom stereocenters. The summed E-state index contributed by atoms with van der Waals surface area (Å²) in [5, 5.41) is 10.2. The highest BCUT2D eigenvalue weighted by Crippen LogP contribution is 2.10. The number of carbonyl (C=O) groups is 1. The van der Waals surface area contributed by atoms with E-state index in [0.717, 1.165) is 57.7 Å². The minimum Gasteiger partial charge on any atom is -0.373 e. The molecule has 9 heteroatoms. The van der Waals surface area contributed by atoms with Crippen LogP contribution in [0.5, 0.6) is 0 Å². The number of morpholine rings is 1. The molecular formula is C19H34N6O3. The predicted octanol–water partition coefficient (Wildman–Crippen LogP) is 0.570. The molecule has 2 aliphatic heterocycles. The van der Waals surface area contributed by atoms with E-state index in [-0.39, 0.29) is 23.9 Å². The highest BCUT2D eigenvalue weighted by Gasteiger charge is 2.21. The van der Waals surface area contributed by atoms with Gasteiger partial charge < -0.3 is 15.4 Å². The fraction of sp³-hybridized carbons (Fsp3) is 0.842. The average Bonchev–Trinajstić information content (AvgIpc) is 2.98. The normalized spacial score (nSPS) is 22.6. The molecule has 0 aromatic carbocycles. The maximum Gasteiger partial charge on any atom is 0.345 e. The first-order valence-corrected chi connectivity index (χ1v) is 10.6. The van der Waals surface area contributed by atoms with Gasteiger partial charge in [-0.15, -0.1) is 0 Å². The Kier molecular flexibility index (Phi) is 7.50. The molecule has 0 aliphatic carbocycles. The van der Waals surface area contributed by atoms with E-state index in [1.807, 2.05) is 0 Å². The lowest BCUT2D eigenvalue weighted by Crippen LogP contribution is -2.46. The topological polar surface area (TPSA) is 93.4 Å². The van der Waals surface area contributed by atoms with Gasteiger partial charge in [-0.25, -0.2) is 14.3 Å². The Morgan fingerprint density at radius 2 is 1.79 bits per heavy atom. The summed E-state index contributed by atoms with van der Waals surface area (Å²) in [5.41, 5.74) is -0.0223. The van der Waals surface area contributed by atoms with Crippen LogP contribution in [-0.2, 0) is 24.2 Å². The number of urea groups is 1. The van der Waals surface area contributed by atoms with Gasteiger partial charge in [-0.05, 0) is 39.5 Å². The molecule has 1 saturated heterocycles. The molecular weight excluding hydrogens is 360 g/mol. The number of fused-ring (bicyclic) bond motifs is 1. The van der Waals surface area contributed by atoms with E-state index in [1.54, 1.807) is 4.57 Å². The quantitative estimate of drug-likeness (QED) is 0.629. The maximum absolute atomic E-state index is 12.2. The zero-order valence-electron chi connectivity index (χ0n) is 17.2. The number of amides is 2. The Hall–Kier alpha value is -1.87. The number of nitrogens with zero attached hydrogens (tertiary/aromatic N) is 4. The van der Waals surface area contributed by atoms with Gasteiger partial charge in [0, 0.05) is 52.2 Å². The van der Waals surface area contributed by atoms with Gasteiger partial charge in [-0.3, -0.25) is 9.47 Å². The first kappa shape index (κ1) is 20.9. The number of hydrogen-bond donors (Lipinski definition) is 2. The van der Waals surface area contributed by atoms with Crippen molar-refractivity contribution < 1.29 is 9.53 Å². The van der Waals surface area contributed by atoms with E-state index in [1.165, 1.54) is 4.68 Å². The minimum atomic E-state index is -0.153. The summed E-state index contributed by atoms with van der Waals surface area (Å²) in [6.45, 7) is 9.55. The number of aryl methyl sites for hydroxylation is 2. The first-order chi connectivity index (χ1) is 13.5. The molecule has 0 spiro atoms. The van der Waals surface area contributed by atoms with Crippen LogP contribution in [0, 0.1) is 0 Å². The molecule has 3 heterocycles. The van der Waals surface area contributed by atoms with E-state index in [2.05, 4.69) is 34.5 Å². The molecule has 1 fully saturated rings. The SMILES string of the molecule is CC1CN(CCCNC(=O)NCCCn2nc3n(c2=O)CCCC3)CC(C)O1. The van der Waals surface area contributed by atoms with Crippen LogP contribution in [0.1, 0.15) is 45.4 Å². The number of carbonyl (C=O) groups excluding carboxylic acids is 1. The Morgan fingerprint density at radius 3 is 2.46 bits per heavy atom. The third-order valence-corrected chi connectivity index (χ3v) is 5.30. The van der Waals surface area contributed by atoms with Gasteiger partial charge in [0.25, 0.3) is 0 Å². The summed E-state index contributed by atoms with van der Waals surface area (Å²) in [4.78, 5) is 26.5. The van der Waals surface area contributed by atoms with Crippen LogP contribution in [-0.4, -0.2) is 70.2 Å². The molecule has 9 nitrogen and oxygen atoms in total. The molecule has 0 saturated carbocycles. The molecule has 2 unspecified atom stereocenters. The van der Waals surface area contributed by atoms with E-state index >= 15 is 0 Å². The van der Waals surface area contributed by atoms with Gasteiger partial charge in [-0.2, -0.15) is 5.10 Å². The number of rotatable bonds is 8. The summed E-state index contributed by atoms with van der Waals surface area (Å²) < 4.78 is 9.04. The largest absolute Gasteiger partial charge is 0.373 e. The van der Waals surface area contributed by atoms with Crippen molar-refractivity contribution in [3.8, 4) is 0 Å². The van der Waals surface area contributed by atoms with Crippen molar-refractivity contribution in [2.75, 3.05) is 32.7 Å². The Morgan fingerprint density at radius 1 is 1.11 bits per heavy atom. The lowest BCUT2D eigenvalue weighted by atomic mass is 10.2. The van der Waals surface area contributed by atoms with Crippen molar-refractivity contribution in [3.63, 3.8) is 0 Å². The van der Waals surface area contributed by atoms with E-state index < -0.39 is 0 Å². The van der Waals surface area contributed by atoms with Gasteiger partial charge >= 0.3 is 11.7 Å². The van der Waals surface area contributed by atoms with Gasteiger partial charge in [0.05, 0.1) is 12.2 Å². The standard InChI is InChI=1S/C19H34N6O3/c1-15-13-23(14-16(2)28-15)10-5-8-20-18(26)21-9-6-12-25-19(27)24-11-4-3-7-17(24)22-25/h15-16H,3-14H2,1-2H3,(H2,20,21,26). The highest BCUT2D eigenvalue weighted by atomic mass is 16.5. The monoisotopic (exact) mass is 394 g/mol. The molecule has 0 radical (unpaired) electrons. The molecule has 3 rings (SSSR count). The van der Waals surface area contributed by atoms with Gasteiger partial charge in [0.2, 0.25) is 0 Å². The number of hydrogen-bond acceptors (Lipinski definition) is 5. The molecule has 2 N–H and O–H groups in total. The van der Waals surface area contributed by atoms with Crippen molar-refractivity contribution in [2.45, 2.75) is 71.2 Å². The van der Waals surface area contributed by atoms with E-state index in [0.29, 0.717) is 26.1 Å². The fourth-order valence-corrected chi connectivity index (χ4v) is 4.06. The third-order valence-electron chi connectivity index (χ3n) is 5.30. The lowest BCUT2D eigenvalue weighted by molar-refractivity contribution is -0.0679. The summed E-state index contributed by atoms with van der Waals surface area (Å²) in [6, 6.07) is -0.153. The summed E-state index contributed by atoms with van der Waals surface area (Å²) >= 11 is 0. The molecule has 2 amide bonds. The molecule has 158 valence electrons. The molecule has 2 aliphatic rings. The second-order valence-corrected chi connectivity index (χ2v) is 7.94. The fourth-order valence-electron chi connectivity index (χ4n) is 4.06. The van der Waals surface area contributed by atoms with Crippen molar-refractivity contribution in [2.24, 2.45) is 0 Å². The van der Waals surface area contributed by atoms with Gasteiger partial charge in [0.1, 0.15) is 5.82 Å². The van der Waals surface area contributed by atoms with Crippen molar-refractivity contribution in [1.82, 2.24) is 29.9 Å². The highest BCUT2D eigenvalue weighted by molar-refractivity contribution is 5.73. The van der Waals surface area contributed by atoms with Crippen LogP contribution in [0.25, 0.3) is 0 Å². The van der Waals surface area contributed by atoms with Crippen LogP contribution in [0.3, 0.4) is 0 Å². The van der Waals surface area contributed by atoms with E-state index in [4.69, 9.17) is 4.74 Å². The molecule has 1 aromatic heterocycles. The van der Waals surface area contributed by atoms with Crippen LogP contribution >= 0.6 is 0 Å². The van der Waals surface area contributed by atoms with E-state index in [9.17, 15) is 9.59 Å². The number of nitrogens with one attached hydrogen (secondary N) is 2. The van der Waals surface area contributed by atoms with Crippen molar-refractivity contribution >= 4 is 6.03 Å². The number of aromatic nitrogens is 3. The Balaban J connectivity index is 1.26. The van der Waals surface area contributed by atoms with Gasteiger partial charge in [-0.1, -0.05) is 0 Å². The molecule has 28 heavy (non-hydrogen) atoms. The van der Waals surface area contributed by atoms with Crippen molar-refractivity contribution in [1.29, 1.82) is 0 Å². The number of ether oxygens (including phenoxy) is 1. The van der Waals surface area contributed by atoms with Crippen LogP contribution in [0.2, 0.25) is 0 Å². The van der Waals surface area contributed by atoms with Crippen LogP contribution in [0.4, 0.5) is 4.79 Å². The third kappa shape index (κ3) is 5.81. The molecule has 1 aromatic rings. The second-order valence-electron chi connectivity index (χ2n) is 7.94. The Labute approximate surface area is 166 Å². The Bertz CT molecular complexity index is 690. The van der Waals surface area contributed by atoms with Crippen molar-refractivity contribution in [3.05, 3.63) is 16.3 Å². The zero-order chi connectivity index (χ0) is 19.9. The predicted molar refractivity (Wildman–Crippen MR) is 107 cm³/mol. The first-order valence-electron chi connectivity index (χ1n) is 10.6. The average molecular weight is 395 g/mol. The zero-order valence-corrected chi connectivity index (χ0v) is 17.2. The van der Waals surface area contributed by atoms with Crippen LogP contribution in [0.15, 0.2) is 4.79 Å². The summed E-state index contributed by atoms with van der Waals surface area (Å²) in [6.07, 6.45) is 5.17. The maximum atomic E-state index is 12.2. The van der Waals surface area contributed by atoms with Crippen LogP contribution < -0.4 is 16.3 Å². The summed E-state index contributed by atoms with van der Waals surface area (Å²) in [7, 11) is 0. The smallest absolute Gasteiger partial charge is 0.345 e. The summed E-state index contributed by atoms with van der Waals surface area (Å²) in [5.74, 6) is 0.894. The second kappa shape index (κ2) is 10.1.